The molecule has 0 saturated heterocycles. The van der Waals surface area contributed by atoms with Crippen molar-refractivity contribution in [1.82, 2.24) is 10.3 Å². The van der Waals surface area contributed by atoms with Crippen LogP contribution in [-0.2, 0) is 0 Å². The average Bonchev–Trinajstić information content (AvgIpc) is 2.39. The number of unbranched alkanes of at least 4 members (excludes halogenated alkanes) is 1. The molecule has 19 heavy (non-hydrogen) atoms. The first-order valence-corrected chi connectivity index (χ1v) is 7.37. The van der Waals surface area contributed by atoms with Crippen molar-refractivity contribution >= 4 is 0 Å². The van der Waals surface area contributed by atoms with Crippen LogP contribution in [0.5, 0.6) is 0 Å². The van der Waals surface area contributed by atoms with Crippen LogP contribution in [0.25, 0.3) is 0 Å². The molecule has 6 heteroatoms. The molecule has 0 amide bonds. The average molecular weight is 273 g/mol. The van der Waals surface area contributed by atoms with Gasteiger partial charge in [0, 0.05) is 4.97 Å². The standard InChI is InChI=1S/C13H30N4O2/c1-4-5-11-16(17(19)15-18)12-7-10-14-9-6-8-13(2)3/h13-14,18H,4-12H2,1-3H3/p-1/b17-15-. The normalized spacial score (nSPS) is 12.1. The van der Waals surface area contributed by atoms with Crippen molar-refractivity contribution in [3.8, 4) is 0 Å². The molecular weight excluding hydrogens is 244 g/mol. The minimum absolute atomic E-state index is 0.175. The molecule has 1 N–H and O–H groups in total. The zero-order chi connectivity index (χ0) is 14.5. The first-order valence-electron chi connectivity index (χ1n) is 7.37. The molecule has 6 nitrogen and oxygen atoms in total. The molecule has 0 fully saturated rings. The van der Waals surface area contributed by atoms with Gasteiger partial charge in [0.25, 0.3) is 0 Å². The van der Waals surface area contributed by atoms with E-state index in [1.54, 1.807) is 0 Å². The molecule has 114 valence electrons. The van der Waals surface area contributed by atoms with Gasteiger partial charge in [0.15, 0.2) is 0 Å². The summed E-state index contributed by atoms with van der Waals surface area (Å²) in [5.74, 6) is 0.749. The van der Waals surface area contributed by atoms with Crippen LogP contribution >= 0.6 is 0 Å². The van der Waals surface area contributed by atoms with Gasteiger partial charge in [-0.25, -0.2) is 0 Å². The zero-order valence-corrected chi connectivity index (χ0v) is 12.6. The van der Waals surface area contributed by atoms with Gasteiger partial charge in [0.05, 0.1) is 13.1 Å². The van der Waals surface area contributed by atoms with Crippen LogP contribution in [0, 0.1) is 16.3 Å². The van der Waals surface area contributed by atoms with E-state index in [9.17, 15) is 10.4 Å². The Kier molecular flexibility index (Phi) is 11.4. The van der Waals surface area contributed by atoms with Gasteiger partial charge in [0.1, 0.15) is 0 Å². The van der Waals surface area contributed by atoms with Crippen LogP contribution < -0.4 is 5.32 Å². The highest BCUT2D eigenvalue weighted by molar-refractivity contribution is 4.53. The molecular formula is C13H29N4O2-. The Morgan fingerprint density at radius 3 is 2.37 bits per heavy atom. The zero-order valence-electron chi connectivity index (χ0n) is 12.6. The second kappa shape index (κ2) is 12.0. The largest absolute Gasteiger partial charge is 0.737 e. The van der Waals surface area contributed by atoms with Gasteiger partial charge in [-0.05, 0) is 50.0 Å². The summed E-state index contributed by atoms with van der Waals surface area (Å²) in [4.78, 5) is 0.175. The molecule has 0 aromatic rings. The SMILES string of the molecule is CCCCN(CCCNCCCC(C)C)/[N+]([O-])=N/[O-]. The molecule has 0 aromatic heterocycles. The Balaban J connectivity index is 3.63. The predicted molar refractivity (Wildman–Crippen MR) is 77.5 cm³/mol. The van der Waals surface area contributed by atoms with Crippen molar-refractivity contribution in [3.63, 3.8) is 0 Å². The fraction of sp³-hybridized carbons (Fsp3) is 1.00. The minimum atomic E-state index is 0.175. The van der Waals surface area contributed by atoms with Crippen LogP contribution in [-0.4, -0.2) is 36.2 Å². The maximum absolute atomic E-state index is 11.2. The highest BCUT2D eigenvalue weighted by Gasteiger charge is 2.09. The van der Waals surface area contributed by atoms with Gasteiger partial charge in [-0.3, -0.25) is 0 Å². The number of nitrogens with zero attached hydrogens (tertiary/aromatic N) is 3. The fourth-order valence-corrected chi connectivity index (χ4v) is 1.82. The van der Waals surface area contributed by atoms with Gasteiger partial charge in [-0.2, -0.15) is 0 Å². The van der Waals surface area contributed by atoms with Gasteiger partial charge in [-0.15, -0.1) is 5.01 Å². The number of hydrogen-bond donors (Lipinski definition) is 1. The summed E-state index contributed by atoms with van der Waals surface area (Å²) in [5.41, 5.74) is 0. The second-order valence-corrected chi connectivity index (χ2v) is 5.28. The number of hydrogen-bond acceptors (Lipinski definition) is 4. The van der Waals surface area contributed by atoms with Crippen molar-refractivity contribution in [2.45, 2.75) is 52.9 Å². The maximum Gasteiger partial charge on any atom is 0.0780 e. The van der Waals surface area contributed by atoms with Crippen molar-refractivity contribution in [3.05, 3.63) is 10.4 Å². The lowest BCUT2D eigenvalue weighted by Crippen LogP contribution is -2.34. The molecule has 0 aliphatic carbocycles. The van der Waals surface area contributed by atoms with E-state index < -0.39 is 0 Å². The summed E-state index contributed by atoms with van der Waals surface area (Å²) < 4.78 is 0. The Labute approximate surface area is 117 Å². The smallest absolute Gasteiger partial charge is 0.0780 e. The molecule has 0 aliphatic heterocycles. The van der Waals surface area contributed by atoms with Crippen LogP contribution in [0.3, 0.4) is 0 Å². The Morgan fingerprint density at radius 2 is 1.79 bits per heavy atom. The van der Waals surface area contributed by atoms with E-state index in [2.05, 4.69) is 31.4 Å². The molecule has 0 unspecified atom stereocenters. The Bertz CT molecular complexity index is 235. The summed E-state index contributed by atoms with van der Waals surface area (Å²) in [6, 6.07) is 0. The second-order valence-electron chi connectivity index (χ2n) is 5.28. The molecule has 0 spiro atoms. The van der Waals surface area contributed by atoms with Gasteiger partial charge in [0.2, 0.25) is 0 Å². The Morgan fingerprint density at radius 1 is 1.16 bits per heavy atom. The van der Waals surface area contributed by atoms with E-state index in [1.165, 1.54) is 17.9 Å². The molecule has 0 aromatic carbocycles. The quantitative estimate of drug-likeness (QED) is 0.257. The Hall–Kier alpha value is -1.04. The molecule has 0 saturated carbocycles. The van der Waals surface area contributed by atoms with Crippen molar-refractivity contribution in [2.24, 2.45) is 11.2 Å². The summed E-state index contributed by atoms with van der Waals surface area (Å²) in [6.45, 7) is 9.55. The lowest BCUT2D eigenvalue weighted by atomic mass is 10.1. The predicted octanol–water partition coefficient (Wildman–Crippen LogP) is 2.88. The highest BCUT2D eigenvalue weighted by Crippen LogP contribution is 2.02. The van der Waals surface area contributed by atoms with Gasteiger partial charge in [-0.1, -0.05) is 27.2 Å². The number of rotatable bonds is 12. The topological polar surface area (TPSA) is 76.8 Å². The van der Waals surface area contributed by atoms with E-state index in [1.807, 2.05) is 0 Å². The van der Waals surface area contributed by atoms with E-state index in [-0.39, 0.29) is 4.97 Å². The van der Waals surface area contributed by atoms with Gasteiger partial charge >= 0.3 is 0 Å². The third-order valence-corrected chi connectivity index (χ3v) is 2.99. The van der Waals surface area contributed by atoms with E-state index >= 15 is 0 Å². The monoisotopic (exact) mass is 273 g/mol. The van der Waals surface area contributed by atoms with Crippen molar-refractivity contribution < 1.29 is 4.97 Å². The maximum atomic E-state index is 11.2. The van der Waals surface area contributed by atoms with E-state index in [4.69, 9.17) is 0 Å². The van der Waals surface area contributed by atoms with E-state index in [0.717, 1.165) is 38.3 Å². The first-order chi connectivity index (χ1) is 9.11. The summed E-state index contributed by atoms with van der Waals surface area (Å²) in [7, 11) is 0. The van der Waals surface area contributed by atoms with E-state index in [0.29, 0.717) is 13.1 Å². The number of nitrogens with one attached hydrogen (secondary N) is 1. The fourth-order valence-electron chi connectivity index (χ4n) is 1.82. The first kappa shape index (κ1) is 18.0. The van der Waals surface area contributed by atoms with Crippen molar-refractivity contribution in [1.29, 1.82) is 0 Å². The van der Waals surface area contributed by atoms with Crippen molar-refractivity contribution in [2.75, 3.05) is 26.2 Å². The summed E-state index contributed by atoms with van der Waals surface area (Å²) in [6.07, 6.45) is 5.16. The molecule has 0 rings (SSSR count). The third-order valence-electron chi connectivity index (χ3n) is 2.99. The molecule has 0 aliphatic rings. The molecule has 0 heterocycles. The minimum Gasteiger partial charge on any atom is -0.737 e. The highest BCUT2D eigenvalue weighted by atomic mass is 16.6. The lowest BCUT2D eigenvalue weighted by Gasteiger charge is -2.19. The lowest BCUT2D eigenvalue weighted by molar-refractivity contribution is -0.690. The van der Waals surface area contributed by atoms with Crippen LogP contribution in [0.4, 0.5) is 0 Å². The van der Waals surface area contributed by atoms with Crippen LogP contribution in [0.15, 0.2) is 5.28 Å². The third kappa shape index (κ3) is 10.6. The molecule has 0 radical (unpaired) electrons. The van der Waals surface area contributed by atoms with Gasteiger partial charge < -0.3 is 15.7 Å². The molecule has 0 bridgehead atoms. The summed E-state index contributed by atoms with van der Waals surface area (Å²) in [5, 5.41) is 28.7. The van der Waals surface area contributed by atoms with Crippen LogP contribution in [0.1, 0.15) is 52.9 Å². The summed E-state index contributed by atoms with van der Waals surface area (Å²) >= 11 is 0. The molecule has 0 atom stereocenters. The number of hydrazine groups is 1. The van der Waals surface area contributed by atoms with Crippen LogP contribution in [0.2, 0.25) is 0 Å².